The first kappa shape index (κ1) is 37.9. The topological polar surface area (TPSA) is 21.7 Å². The van der Waals surface area contributed by atoms with Gasteiger partial charge in [0.2, 0.25) is 0 Å². The number of hydrogen-bond acceptors (Lipinski definition) is 3. The second-order valence-electron chi connectivity index (χ2n) is 18.7. The van der Waals surface area contributed by atoms with E-state index in [1.54, 1.807) is 0 Å². The molecule has 0 radical (unpaired) electrons. The van der Waals surface area contributed by atoms with Gasteiger partial charge in [-0.05, 0) is 132 Å². The Morgan fingerprint density at radius 2 is 0.851 bits per heavy atom. The van der Waals surface area contributed by atoms with Gasteiger partial charge in [-0.3, -0.25) is 0 Å². The third kappa shape index (κ3) is 5.28. The lowest BCUT2D eigenvalue weighted by atomic mass is 9.70. The molecule has 67 heavy (non-hydrogen) atoms. The molecular weight excluding hydrogens is 815 g/mol. The van der Waals surface area contributed by atoms with Crippen molar-refractivity contribution in [2.45, 2.75) is 24.7 Å². The standard InChI is InChI=1S/C64H43NO2/c1-63(2)55-38-43(41-19-7-4-8-20-41)31-33-48(55)49-34-32-45(39-56(49)63)65(44-22-15-21-42(37-44)40-17-5-3-6-18-40)57-29-16-30-58-61(57)67-62-59(66-58)36-35-54-60(62)50-25-11-14-28-53(50)64(54)51-26-12-9-23-46(51)47-24-10-13-27-52(47)64/h3-39H,1-2H3. The van der Waals surface area contributed by atoms with E-state index < -0.39 is 5.41 Å². The second-order valence-corrected chi connectivity index (χ2v) is 18.7. The SMILES string of the molecule is CC1(C)c2cc(-c3ccccc3)ccc2-c2ccc(N(c3cccc(-c4ccccc4)c3)c3cccc4c3Oc3c(ccc5c3-c3ccccc3C53c5ccccc5-c5ccccc53)O4)cc21. The van der Waals surface area contributed by atoms with Gasteiger partial charge in [-0.15, -0.1) is 0 Å². The summed E-state index contributed by atoms with van der Waals surface area (Å²) in [6.45, 7) is 4.72. The zero-order valence-corrected chi connectivity index (χ0v) is 37.1. The van der Waals surface area contributed by atoms with Crippen LogP contribution in [0.3, 0.4) is 0 Å². The summed E-state index contributed by atoms with van der Waals surface area (Å²) in [6.07, 6.45) is 0. The molecule has 0 N–H and O–H groups in total. The quantitative estimate of drug-likeness (QED) is 0.172. The minimum absolute atomic E-state index is 0.251. The molecule has 0 saturated heterocycles. The first-order chi connectivity index (χ1) is 33.0. The smallest absolute Gasteiger partial charge is 0.194 e. The van der Waals surface area contributed by atoms with E-state index >= 15 is 0 Å². The van der Waals surface area contributed by atoms with E-state index in [9.17, 15) is 0 Å². The van der Waals surface area contributed by atoms with Gasteiger partial charge in [0.05, 0.1) is 11.1 Å². The summed E-state index contributed by atoms with van der Waals surface area (Å²) < 4.78 is 14.5. The first-order valence-electron chi connectivity index (χ1n) is 23.2. The summed E-state index contributed by atoms with van der Waals surface area (Å²) in [5.74, 6) is 2.80. The van der Waals surface area contributed by atoms with Crippen LogP contribution in [-0.2, 0) is 10.8 Å². The molecule has 316 valence electrons. The molecule has 10 aromatic carbocycles. The summed E-state index contributed by atoms with van der Waals surface area (Å²) in [5.41, 5.74) is 22.0. The van der Waals surface area contributed by atoms with Crippen molar-refractivity contribution in [3.63, 3.8) is 0 Å². The van der Waals surface area contributed by atoms with Crippen molar-refractivity contribution in [1.29, 1.82) is 0 Å². The Labute approximate surface area is 390 Å². The predicted molar refractivity (Wildman–Crippen MR) is 272 cm³/mol. The highest BCUT2D eigenvalue weighted by Crippen LogP contribution is 2.67. The zero-order chi connectivity index (χ0) is 44.4. The molecule has 1 heterocycles. The lowest BCUT2D eigenvalue weighted by Crippen LogP contribution is -2.25. The molecule has 3 aliphatic carbocycles. The Kier molecular flexibility index (Phi) is 7.95. The van der Waals surface area contributed by atoms with E-state index in [4.69, 9.17) is 9.47 Å². The van der Waals surface area contributed by atoms with Crippen molar-refractivity contribution in [2.24, 2.45) is 0 Å². The highest BCUT2D eigenvalue weighted by Gasteiger charge is 2.53. The number of anilines is 3. The van der Waals surface area contributed by atoms with Crippen LogP contribution in [0.4, 0.5) is 17.1 Å². The van der Waals surface area contributed by atoms with Crippen LogP contribution in [0.2, 0.25) is 0 Å². The van der Waals surface area contributed by atoms with E-state index in [0.717, 1.165) is 45.1 Å². The van der Waals surface area contributed by atoms with Crippen LogP contribution in [0, 0.1) is 0 Å². The van der Waals surface area contributed by atoms with Crippen molar-refractivity contribution < 1.29 is 9.47 Å². The fourth-order valence-electron chi connectivity index (χ4n) is 12.0. The van der Waals surface area contributed by atoms with Gasteiger partial charge in [0.1, 0.15) is 0 Å². The summed E-state index contributed by atoms with van der Waals surface area (Å²) in [5, 5.41) is 0. The van der Waals surface area contributed by atoms with E-state index in [0.29, 0.717) is 17.2 Å². The molecule has 0 atom stereocenters. The van der Waals surface area contributed by atoms with Gasteiger partial charge in [0, 0.05) is 22.4 Å². The molecule has 14 rings (SSSR count). The number of benzene rings is 10. The van der Waals surface area contributed by atoms with Crippen LogP contribution in [0.5, 0.6) is 23.0 Å². The van der Waals surface area contributed by atoms with Crippen LogP contribution in [0.1, 0.15) is 47.2 Å². The summed E-state index contributed by atoms with van der Waals surface area (Å²) >= 11 is 0. The van der Waals surface area contributed by atoms with E-state index in [1.807, 2.05) is 6.07 Å². The molecule has 0 fully saturated rings. The molecule has 1 spiro atoms. The lowest BCUT2D eigenvalue weighted by molar-refractivity contribution is 0.361. The molecular formula is C64H43NO2. The summed E-state index contributed by atoms with van der Waals surface area (Å²) in [7, 11) is 0. The first-order valence-corrected chi connectivity index (χ1v) is 23.2. The number of hydrogen-bond donors (Lipinski definition) is 0. The van der Waals surface area contributed by atoms with Crippen molar-refractivity contribution in [3.8, 4) is 78.6 Å². The van der Waals surface area contributed by atoms with E-state index in [2.05, 4.69) is 237 Å². The Morgan fingerprint density at radius 1 is 0.328 bits per heavy atom. The number of para-hydroxylation sites is 1. The largest absolute Gasteiger partial charge is 0.449 e. The van der Waals surface area contributed by atoms with Gasteiger partial charge in [-0.2, -0.15) is 0 Å². The lowest BCUT2D eigenvalue weighted by Gasteiger charge is -2.33. The molecule has 3 nitrogen and oxygen atoms in total. The molecule has 1 aliphatic heterocycles. The van der Waals surface area contributed by atoms with Gasteiger partial charge in [-0.1, -0.05) is 190 Å². The molecule has 10 aromatic rings. The Balaban J connectivity index is 0.953. The van der Waals surface area contributed by atoms with E-state index in [1.165, 1.54) is 66.8 Å². The van der Waals surface area contributed by atoms with Crippen LogP contribution < -0.4 is 14.4 Å². The zero-order valence-electron chi connectivity index (χ0n) is 37.1. The normalized spacial score (nSPS) is 14.3. The monoisotopic (exact) mass is 857 g/mol. The minimum atomic E-state index is -0.502. The molecule has 0 aromatic heterocycles. The van der Waals surface area contributed by atoms with Crippen molar-refractivity contribution in [3.05, 3.63) is 258 Å². The molecule has 0 amide bonds. The molecule has 0 bridgehead atoms. The van der Waals surface area contributed by atoms with Gasteiger partial charge in [-0.25, -0.2) is 0 Å². The van der Waals surface area contributed by atoms with Gasteiger partial charge in [0.15, 0.2) is 23.0 Å². The van der Waals surface area contributed by atoms with Gasteiger partial charge < -0.3 is 14.4 Å². The fourth-order valence-corrected chi connectivity index (χ4v) is 12.0. The molecule has 3 heteroatoms. The van der Waals surface area contributed by atoms with Crippen molar-refractivity contribution >= 4 is 17.1 Å². The highest BCUT2D eigenvalue weighted by molar-refractivity contribution is 5.98. The van der Waals surface area contributed by atoms with Crippen LogP contribution in [0.25, 0.3) is 55.6 Å². The fraction of sp³-hybridized carbons (Fsp3) is 0.0625. The molecule has 0 saturated carbocycles. The summed E-state index contributed by atoms with van der Waals surface area (Å²) in [4.78, 5) is 2.36. The highest BCUT2D eigenvalue weighted by atomic mass is 16.6. The Morgan fingerprint density at radius 3 is 1.55 bits per heavy atom. The van der Waals surface area contributed by atoms with Crippen LogP contribution in [0.15, 0.2) is 224 Å². The minimum Gasteiger partial charge on any atom is -0.449 e. The second kappa shape index (κ2) is 14.1. The maximum atomic E-state index is 7.50. The Bertz CT molecular complexity index is 3630. The molecule has 4 aliphatic rings. The Hall–Kier alpha value is -8.40. The predicted octanol–water partition coefficient (Wildman–Crippen LogP) is 17.0. The van der Waals surface area contributed by atoms with Crippen molar-refractivity contribution in [1.82, 2.24) is 0 Å². The summed E-state index contributed by atoms with van der Waals surface area (Å²) in [6, 6.07) is 81.5. The number of ether oxygens (including phenoxy) is 2. The maximum Gasteiger partial charge on any atom is 0.194 e. The van der Waals surface area contributed by atoms with Crippen LogP contribution in [-0.4, -0.2) is 0 Å². The van der Waals surface area contributed by atoms with Crippen LogP contribution >= 0.6 is 0 Å². The maximum absolute atomic E-state index is 7.50. The third-order valence-corrected chi connectivity index (χ3v) is 14.9. The number of rotatable bonds is 5. The molecule has 0 unspecified atom stereocenters. The van der Waals surface area contributed by atoms with E-state index in [-0.39, 0.29) is 5.41 Å². The average molecular weight is 858 g/mol. The van der Waals surface area contributed by atoms with Crippen molar-refractivity contribution in [2.75, 3.05) is 4.90 Å². The van der Waals surface area contributed by atoms with Gasteiger partial charge >= 0.3 is 0 Å². The van der Waals surface area contributed by atoms with Gasteiger partial charge in [0.25, 0.3) is 0 Å². The number of fused-ring (bicyclic) bond motifs is 16. The third-order valence-electron chi connectivity index (χ3n) is 14.9. The average Bonchev–Trinajstić information content (AvgIpc) is 3.95. The number of nitrogens with zero attached hydrogens (tertiary/aromatic N) is 1.